The number of aromatic nitrogens is 1. The lowest BCUT2D eigenvalue weighted by atomic mass is 9.83. The van der Waals surface area contributed by atoms with Crippen LogP contribution < -0.4 is 0 Å². The Hall–Kier alpha value is -7.35. The molecule has 1 aromatic heterocycles. The van der Waals surface area contributed by atoms with Crippen LogP contribution in [0.15, 0.2) is 218 Å². The minimum Gasteiger partial charge on any atom is -0.248 e. The van der Waals surface area contributed by atoms with Gasteiger partial charge in [0, 0.05) is 11.1 Å². The van der Waals surface area contributed by atoms with Crippen LogP contribution in [-0.2, 0) is 0 Å². The van der Waals surface area contributed by atoms with Gasteiger partial charge in [0.15, 0.2) is 0 Å². The fraction of sp³-hybridized carbons (Fsp3) is 0.0179. The summed E-state index contributed by atoms with van der Waals surface area (Å²) in [5.74, 6) is 0. The SMILES string of the molecule is Cc1c(-c2ccccc2)cc(-c2ccccc2)c2c1c(-c1ccc(-c3cc(-c4ccccc4)nc(-c4cccc(-c5ccccc5)c4)c3)cc1)cc1ccccc12. The molecule has 0 unspecified atom stereocenters. The van der Waals surface area contributed by atoms with Crippen molar-refractivity contribution >= 4 is 21.5 Å². The Labute approximate surface area is 334 Å². The van der Waals surface area contributed by atoms with Crippen LogP contribution >= 0.6 is 0 Å². The minimum absolute atomic E-state index is 0.950. The Morgan fingerprint density at radius 2 is 0.737 bits per heavy atom. The van der Waals surface area contributed by atoms with Gasteiger partial charge in [0.25, 0.3) is 0 Å². The van der Waals surface area contributed by atoms with Gasteiger partial charge in [0.05, 0.1) is 11.4 Å². The number of rotatable bonds is 7. The second-order valence-electron chi connectivity index (χ2n) is 14.7. The van der Waals surface area contributed by atoms with Crippen LogP contribution in [0.1, 0.15) is 5.56 Å². The van der Waals surface area contributed by atoms with Crippen molar-refractivity contribution in [2.24, 2.45) is 0 Å². The van der Waals surface area contributed by atoms with Crippen LogP contribution in [0.3, 0.4) is 0 Å². The van der Waals surface area contributed by atoms with E-state index in [1.165, 1.54) is 71.6 Å². The zero-order valence-electron chi connectivity index (χ0n) is 31.7. The number of benzene rings is 9. The highest BCUT2D eigenvalue weighted by atomic mass is 14.7. The topological polar surface area (TPSA) is 12.9 Å². The maximum atomic E-state index is 5.24. The molecule has 0 radical (unpaired) electrons. The predicted molar refractivity (Wildman–Crippen MR) is 242 cm³/mol. The maximum Gasteiger partial charge on any atom is 0.0715 e. The summed E-state index contributed by atoms with van der Waals surface area (Å²) in [6.45, 7) is 2.29. The van der Waals surface area contributed by atoms with E-state index in [9.17, 15) is 0 Å². The maximum absolute atomic E-state index is 5.24. The second kappa shape index (κ2) is 14.7. The van der Waals surface area contributed by atoms with Crippen molar-refractivity contribution < 1.29 is 0 Å². The first-order valence-electron chi connectivity index (χ1n) is 19.6. The second-order valence-corrected chi connectivity index (χ2v) is 14.7. The molecule has 0 spiro atoms. The average molecular weight is 726 g/mol. The molecule has 57 heavy (non-hydrogen) atoms. The molecule has 1 heterocycles. The highest BCUT2D eigenvalue weighted by molar-refractivity contribution is 6.21. The molecule has 268 valence electrons. The molecule has 1 nitrogen and oxygen atoms in total. The summed E-state index contributed by atoms with van der Waals surface area (Å²) in [5.41, 5.74) is 17.4. The lowest BCUT2D eigenvalue weighted by Crippen LogP contribution is -1.95. The normalized spacial score (nSPS) is 11.2. The van der Waals surface area contributed by atoms with E-state index < -0.39 is 0 Å². The Bertz CT molecular complexity index is 3020. The first kappa shape index (κ1) is 34.2. The highest BCUT2D eigenvalue weighted by Gasteiger charge is 2.19. The van der Waals surface area contributed by atoms with Gasteiger partial charge in [-0.2, -0.15) is 0 Å². The highest BCUT2D eigenvalue weighted by Crippen LogP contribution is 2.45. The largest absolute Gasteiger partial charge is 0.248 e. The molecule has 0 amide bonds. The van der Waals surface area contributed by atoms with Crippen molar-refractivity contribution in [2.75, 3.05) is 0 Å². The summed E-state index contributed by atoms with van der Waals surface area (Å²) >= 11 is 0. The monoisotopic (exact) mass is 725 g/mol. The van der Waals surface area contributed by atoms with E-state index >= 15 is 0 Å². The van der Waals surface area contributed by atoms with E-state index in [0.29, 0.717) is 0 Å². The number of pyridine rings is 1. The first-order valence-corrected chi connectivity index (χ1v) is 19.6. The third kappa shape index (κ3) is 6.50. The summed E-state index contributed by atoms with van der Waals surface area (Å²) in [4.78, 5) is 5.24. The molecule has 0 bridgehead atoms. The number of hydrogen-bond acceptors (Lipinski definition) is 1. The van der Waals surface area contributed by atoms with Gasteiger partial charge in [0.1, 0.15) is 0 Å². The summed E-state index contributed by atoms with van der Waals surface area (Å²) in [6.07, 6.45) is 0. The van der Waals surface area contributed by atoms with Crippen molar-refractivity contribution in [2.45, 2.75) is 6.92 Å². The van der Waals surface area contributed by atoms with Crippen LogP contribution in [0.5, 0.6) is 0 Å². The molecule has 1 heteroatoms. The van der Waals surface area contributed by atoms with Crippen LogP contribution in [0.2, 0.25) is 0 Å². The Balaban J connectivity index is 1.15. The predicted octanol–water partition coefficient (Wildman–Crippen LogP) is 15.4. The fourth-order valence-electron chi connectivity index (χ4n) is 8.40. The minimum atomic E-state index is 0.950. The number of nitrogens with zero attached hydrogens (tertiary/aromatic N) is 1. The standard InChI is InChI=1S/C56H39N/c1-38-50(41-19-8-3-9-20-41)37-52(42-21-10-4-11-22-42)56-49-28-15-14-25-46(49)34-51(55(38)56)43-31-29-40(30-32-43)48-35-53(44-23-12-5-13-24-44)57-54(36-48)47-27-16-26-45(33-47)39-17-6-2-7-18-39/h2-37H,1H3. The molecule has 10 rings (SSSR count). The molecule has 0 saturated carbocycles. The van der Waals surface area contributed by atoms with Crippen molar-refractivity contribution in [3.8, 4) is 78.1 Å². The number of hydrogen-bond donors (Lipinski definition) is 0. The van der Waals surface area contributed by atoms with Gasteiger partial charge in [-0.1, -0.05) is 188 Å². The molecular weight excluding hydrogens is 687 g/mol. The van der Waals surface area contributed by atoms with Crippen LogP contribution in [0, 0.1) is 6.92 Å². The Kier molecular flexibility index (Phi) is 8.82. The van der Waals surface area contributed by atoms with Crippen molar-refractivity contribution in [3.05, 3.63) is 224 Å². The van der Waals surface area contributed by atoms with Gasteiger partial charge in [-0.05, 0) is 120 Å². The van der Waals surface area contributed by atoms with Gasteiger partial charge in [-0.15, -0.1) is 0 Å². The summed E-state index contributed by atoms with van der Waals surface area (Å²) < 4.78 is 0. The van der Waals surface area contributed by atoms with E-state index in [-0.39, 0.29) is 0 Å². The number of fused-ring (bicyclic) bond motifs is 3. The summed E-state index contributed by atoms with van der Waals surface area (Å²) in [7, 11) is 0. The molecule has 0 N–H and O–H groups in total. The fourth-order valence-corrected chi connectivity index (χ4v) is 8.40. The van der Waals surface area contributed by atoms with E-state index in [4.69, 9.17) is 4.98 Å². The van der Waals surface area contributed by atoms with E-state index in [2.05, 4.69) is 225 Å². The van der Waals surface area contributed by atoms with E-state index in [1.807, 2.05) is 0 Å². The molecule has 0 aliphatic rings. The van der Waals surface area contributed by atoms with Crippen molar-refractivity contribution in [1.82, 2.24) is 4.98 Å². The van der Waals surface area contributed by atoms with Gasteiger partial charge in [-0.3, -0.25) is 0 Å². The Morgan fingerprint density at radius 3 is 1.40 bits per heavy atom. The quantitative estimate of drug-likeness (QED) is 0.149. The first-order chi connectivity index (χ1) is 28.2. The van der Waals surface area contributed by atoms with Gasteiger partial charge >= 0.3 is 0 Å². The van der Waals surface area contributed by atoms with Crippen LogP contribution in [0.4, 0.5) is 0 Å². The zero-order chi connectivity index (χ0) is 38.1. The molecule has 0 aliphatic carbocycles. The van der Waals surface area contributed by atoms with E-state index in [0.717, 1.165) is 33.6 Å². The zero-order valence-corrected chi connectivity index (χ0v) is 31.7. The number of aryl methyl sites for hydroxylation is 1. The van der Waals surface area contributed by atoms with Gasteiger partial charge in [0.2, 0.25) is 0 Å². The third-order valence-electron chi connectivity index (χ3n) is 11.2. The smallest absolute Gasteiger partial charge is 0.0715 e. The van der Waals surface area contributed by atoms with E-state index in [1.54, 1.807) is 0 Å². The van der Waals surface area contributed by atoms with Crippen LogP contribution in [0.25, 0.3) is 99.7 Å². The molecular formula is C56H39N. The molecule has 0 saturated heterocycles. The van der Waals surface area contributed by atoms with Crippen molar-refractivity contribution in [3.63, 3.8) is 0 Å². The molecule has 0 aliphatic heterocycles. The lowest BCUT2D eigenvalue weighted by molar-refractivity contribution is 1.32. The molecule has 9 aromatic carbocycles. The average Bonchev–Trinajstić information content (AvgIpc) is 3.30. The molecule has 0 atom stereocenters. The summed E-state index contributed by atoms with van der Waals surface area (Å²) in [6, 6.07) is 78.7. The lowest BCUT2D eigenvalue weighted by Gasteiger charge is -2.20. The summed E-state index contributed by atoms with van der Waals surface area (Å²) in [5, 5.41) is 5.08. The van der Waals surface area contributed by atoms with Gasteiger partial charge < -0.3 is 0 Å². The molecule has 0 fully saturated rings. The third-order valence-corrected chi connectivity index (χ3v) is 11.2. The Morgan fingerprint density at radius 1 is 0.281 bits per heavy atom. The van der Waals surface area contributed by atoms with Crippen molar-refractivity contribution in [1.29, 1.82) is 0 Å². The molecule has 10 aromatic rings. The van der Waals surface area contributed by atoms with Crippen LogP contribution in [-0.4, -0.2) is 4.98 Å². The van der Waals surface area contributed by atoms with Gasteiger partial charge in [-0.25, -0.2) is 4.98 Å².